The SMILES string of the molecule is CN(C)CC1CCCN1Cc1c(N)cccc1Cl. The van der Waals surface area contributed by atoms with E-state index in [0.29, 0.717) is 6.04 Å². The minimum Gasteiger partial charge on any atom is -0.398 e. The first kappa shape index (κ1) is 13.7. The highest BCUT2D eigenvalue weighted by molar-refractivity contribution is 6.31. The molecule has 1 atom stereocenters. The Balaban J connectivity index is 2.08. The first-order chi connectivity index (χ1) is 8.58. The molecule has 2 rings (SSSR count). The third kappa shape index (κ3) is 3.16. The lowest BCUT2D eigenvalue weighted by Crippen LogP contribution is -2.37. The van der Waals surface area contributed by atoms with E-state index in [1.807, 2.05) is 18.2 Å². The molecule has 1 saturated heterocycles. The second-order valence-corrected chi connectivity index (χ2v) is 5.74. The molecular formula is C14H22ClN3. The van der Waals surface area contributed by atoms with Crippen molar-refractivity contribution in [2.75, 3.05) is 32.9 Å². The summed E-state index contributed by atoms with van der Waals surface area (Å²) in [6.45, 7) is 3.11. The molecule has 0 aliphatic carbocycles. The summed E-state index contributed by atoms with van der Waals surface area (Å²) in [5, 5.41) is 0.783. The molecule has 18 heavy (non-hydrogen) atoms. The fraction of sp³-hybridized carbons (Fsp3) is 0.571. The largest absolute Gasteiger partial charge is 0.398 e. The van der Waals surface area contributed by atoms with Gasteiger partial charge in [-0.1, -0.05) is 17.7 Å². The van der Waals surface area contributed by atoms with Gasteiger partial charge in [0.1, 0.15) is 0 Å². The average molecular weight is 268 g/mol. The topological polar surface area (TPSA) is 32.5 Å². The fourth-order valence-electron chi connectivity index (χ4n) is 2.68. The molecule has 0 spiro atoms. The lowest BCUT2D eigenvalue weighted by molar-refractivity contribution is 0.201. The fourth-order valence-corrected chi connectivity index (χ4v) is 2.92. The van der Waals surface area contributed by atoms with Gasteiger partial charge in [-0.05, 0) is 45.6 Å². The summed E-state index contributed by atoms with van der Waals surface area (Å²) in [5.74, 6) is 0. The molecule has 0 bridgehead atoms. The standard InChI is InChI=1S/C14H22ClN3/c1-17(2)9-11-5-4-8-18(11)10-12-13(15)6-3-7-14(12)16/h3,6-7,11H,4-5,8-10,16H2,1-2H3. The van der Waals surface area contributed by atoms with Crippen molar-refractivity contribution >= 4 is 17.3 Å². The number of likely N-dealkylation sites (tertiary alicyclic amines) is 1. The van der Waals surface area contributed by atoms with E-state index in [1.54, 1.807) is 0 Å². The number of nitrogen functional groups attached to an aromatic ring is 1. The second-order valence-electron chi connectivity index (χ2n) is 5.34. The summed E-state index contributed by atoms with van der Waals surface area (Å²) >= 11 is 6.24. The molecule has 3 nitrogen and oxygen atoms in total. The molecule has 4 heteroatoms. The number of hydrogen-bond acceptors (Lipinski definition) is 3. The number of hydrogen-bond donors (Lipinski definition) is 1. The summed E-state index contributed by atoms with van der Waals surface area (Å²) in [4.78, 5) is 4.75. The molecule has 1 aromatic carbocycles. The van der Waals surface area contributed by atoms with Crippen molar-refractivity contribution in [2.24, 2.45) is 0 Å². The quantitative estimate of drug-likeness (QED) is 0.851. The Morgan fingerprint density at radius 1 is 1.44 bits per heavy atom. The van der Waals surface area contributed by atoms with Crippen LogP contribution in [0.1, 0.15) is 18.4 Å². The van der Waals surface area contributed by atoms with Crippen LogP contribution in [-0.4, -0.2) is 43.0 Å². The van der Waals surface area contributed by atoms with Gasteiger partial charge in [0.2, 0.25) is 0 Å². The molecule has 0 amide bonds. The third-order valence-corrected chi connectivity index (χ3v) is 3.95. The van der Waals surface area contributed by atoms with Crippen molar-refractivity contribution in [3.05, 3.63) is 28.8 Å². The summed E-state index contributed by atoms with van der Waals surface area (Å²) in [6, 6.07) is 6.38. The van der Waals surface area contributed by atoms with Gasteiger partial charge in [-0.15, -0.1) is 0 Å². The van der Waals surface area contributed by atoms with Gasteiger partial charge in [0.05, 0.1) is 0 Å². The summed E-state index contributed by atoms with van der Waals surface area (Å²) < 4.78 is 0. The predicted molar refractivity (Wildman–Crippen MR) is 77.9 cm³/mol. The minimum atomic E-state index is 0.621. The monoisotopic (exact) mass is 267 g/mol. The van der Waals surface area contributed by atoms with Crippen LogP contribution in [0.3, 0.4) is 0 Å². The number of nitrogens with zero attached hydrogens (tertiary/aromatic N) is 2. The van der Waals surface area contributed by atoms with Crippen LogP contribution >= 0.6 is 11.6 Å². The zero-order chi connectivity index (χ0) is 13.1. The van der Waals surface area contributed by atoms with Crippen LogP contribution in [0.15, 0.2) is 18.2 Å². The van der Waals surface area contributed by atoms with Gasteiger partial charge in [-0.25, -0.2) is 0 Å². The van der Waals surface area contributed by atoms with Gasteiger partial charge in [0.25, 0.3) is 0 Å². The van der Waals surface area contributed by atoms with Gasteiger partial charge in [-0.2, -0.15) is 0 Å². The number of benzene rings is 1. The van der Waals surface area contributed by atoms with Gasteiger partial charge in [0, 0.05) is 35.4 Å². The average Bonchev–Trinajstić information content (AvgIpc) is 2.70. The van der Waals surface area contributed by atoms with E-state index in [-0.39, 0.29) is 0 Å². The Morgan fingerprint density at radius 3 is 2.89 bits per heavy atom. The van der Waals surface area contributed by atoms with Crippen molar-refractivity contribution in [3.63, 3.8) is 0 Å². The highest BCUT2D eigenvalue weighted by atomic mass is 35.5. The van der Waals surface area contributed by atoms with Crippen molar-refractivity contribution in [1.29, 1.82) is 0 Å². The minimum absolute atomic E-state index is 0.621. The number of anilines is 1. The lowest BCUT2D eigenvalue weighted by Gasteiger charge is -2.27. The van der Waals surface area contributed by atoms with Crippen LogP contribution in [-0.2, 0) is 6.54 Å². The normalized spacial score (nSPS) is 20.8. The molecule has 0 saturated carbocycles. The molecule has 1 heterocycles. The van der Waals surface area contributed by atoms with Crippen LogP contribution < -0.4 is 5.73 Å². The number of nitrogens with two attached hydrogens (primary N) is 1. The van der Waals surface area contributed by atoms with Crippen molar-refractivity contribution in [3.8, 4) is 0 Å². The Bertz CT molecular complexity index is 386. The van der Waals surface area contributed by atoms with E-state index in [2.05, 4.69) is 23.9 Å². The zero-order valence-corrected chi connectivity index (χ0v) is 12.0. The smallest absolute Gasteiger partial charge is 0.0471 e. The molecule has 1 aromatic rings. The second kappa shape index (κ2) is 5.91. The molecular weight excluding hydrogens is 246 g/mol. The highest BCUT2D eigenvalue weighted by Gasteiger charge is 2.25. The van der Waals surface area contributed by atoms with Crippen LogP contribution in [0.2, 0.25) is 5.02 Å². The lowest BCUT2D eigenvalue weighted by atomic mass is 10.1. The van der Waals surface area contributed by atoms with Gasteiger partial charge >= 0.3 is 0 Å². The number of rotatable bonds is 4. The molecule has 2 N–H and O–H groups in total. The van der Waals surface area contributed by atoms with Crippen LogP contribution in [0.5, 0.6) is 0 Å². The Hall–Kier alpha value is -0.770. The maximum absolute atomic E-state index is 6.24. The number of halogens is 1. The molecule has 1 aliphatic rings. The number of likely N-dealkylation sites (N-methyl/N-ethyl adjacent to an activating group) is 1. The maximum atomic E-state index is 6.24. The Kier molecular flexibility index (Phi) is 4.49. The van der Waals surface area contributed by atoms with Crippen LogP contribution in [0.4, 0.5) is 5.69 Å². The van der Waals surface area contributed by atoms with Crippen molar-refractivity contribution in [2.45, 2.75) is 25.4 Å². The molecule has 0 radical (unpaired) electrons. The third-order valence-electron chi connectivity index (χ3n) is 3.59. The highest BCUT2D eigenvalue weighted by Crippen LogP contribution is 2.27. The molecule has 1 aliphatic heterocycles. The van der Waals surface area contributed by atoms with Crippen LogP contribution in [0, 0.1) is 0 Å². The summed E-state index contributed by atoms with van der Waals surface area (Å²) in [6.07, 6.45) is 2.53. The summed E-state index contributed by atoms with van der Waals surface area (Å²) in [5.41, 5.74) is 7.90. The van der Waals surface area contributed by atoms with E-state index >= 15 is 0 Å². The molecule has 1 unspecified atom stereocenters. The van der Waals surface area contributed by atoms with Crippen molar-refractivity contribution < 1.29 is 0 Å². The van der Waals surface area contributed by atoms with Gasteiger partial charge < -0.3 is 10.6 Å². The van der Waals surface area contributed by atoms with Crippen molar-refractivity contribution in [1.82, 2.24) is 9.80 Å². The van der Waals surface area contributed by atoms with E-state index < -0.39 is 0 Å². The first-order valence-corrected chi connectivity index (χ1v) is 6.87. The van der Waals surface area contributed by atoms with Gasteiger partial charge in [0.15, 0.2) is 0 Å². The zero-order valence-electron chi connectivity index (χ0n) is 11.2. The van der Waals surface area contributed by atoms with Crippen LogP contribution in [0.25, 0.3) is 0 Å². The van der Waals surface area contributed by atoms with E-state index in [9.17, 15) is 0 Å². The first-order valence-electron chi connectivity index (χ1n) is 6.49. The molecule has 0 aromatic heterocycles. The maximum Gasteiger partial charge on any atom is 0.0471 e. The predicted octanol–water partition coefficient (Wildman–Crippen LogP) is 2.45. The Morgan fingerprint density at radius 2 is 2.22 bits per heavy atom. The van der Waals surface area contributed by atoms with E-state index in [4.69, 9.17) is 17.3 Å². The van der Waals surface area contributed by atoms with E-state index in [1.165, 1.54) is 12.8 Å². The summed E-state index contributed by atoms with van der Waals surface area (Å²) in [7, 11) is 4.25. The van der Waals surface area contributed by atoms with E-state index in [0.717, 1.165) is 35.9 Å². The van der Waals surface area contributed by atoms with Gasteiger partial charge in [-0.3, -0.25) is 4.90 Å². The Labute approximate surface area is 115 Å². The molecule has 1 fully saturated rings. The molecule has 100 valence electrons.